The van der Waals surface area contributed by atoms with E-state index in [4.69, 9.17) is 25.8 Å². The van der Waals surface area contributed by atoms with E-state index in [0.717, 1.165) is 0 Å². The summed E-state index contributed by atoms with van der Waals surface area (Å²) in [6.07, 6.45) is 4.23. The first kappa shape index (κ1) is 18.1. The molecule has 7 heteroatoms. The second kappa shape index (κ2) is 6.57. The van der Waals surface area contributed by atoms with Gasteiger partial charge < -0.3 is 14.2 Å². The van der Waals surface area contributed by atoms with Gasteiger partial charge in [0.1, 0.15) is 22.1 Å². The van der Waals surface area contributed by atoms with E-state index in [1.165, 1.54) is 32.1 Å². The number of fused-ring (bicyclic) bond motifs is 1. The van der Waals surface area contributed by atoms with Crippen LogP contribution in [0, 0.1) is 5.92 Å². The molecule has 0 aromatic heterocycles. The monoisotopic (exact) mass is 382 g/mol. The van der Waals surface area contributed by atoms with Gasteiger partial charge in [0.2, 0.25) is 11.4 Å². The third-order valence-electron chi connectivity index (χ3n) is 4.81. The largest absolute Gasteiger partial charge is 0.496 e. The number of ketones is 2. The van der Waals surface area contributed by atoms with Gasteiger partial charge in [-0.15, -0.1) is 11.8 Å². The third kappa shape index (κ3) is 2.46. The molecule has 1 heterocycles. The Labute approximate surface area is 155 Å². The number of ether oxygens (including phenoxy) is 3. The Hall–Kier alpha value is -1.66. The van der Waals surface area contributed by atoms with E-state index in [1.807, 2.05) is 13.2 Å². The van der Waals surface area contributed by atoms with Crippen LogP contribution in [0.1, 0.15) is 30.1 Å². The van der Waals surface area contributed by atoms with Gasteiger partial charge in [-0.05, 0) is 18.8 Å². The maximum absolute atomic E-state index is 13.5. The summed E-state index contributed by atoms with van der Waals surface area (Å²) < 4.78 is 16.9. The molecule has 0 radical (unpaired) electrons. The minimum Gasteiger partial charge on any atom is -0.496 e. The fourth-order valence-corrected chi connectivity index (χ4v) is 4.69. The number of halogens is 1. The van der Waals surface area contributed by atoms with Crippen molar-refractivity contribution in [1.82, 2.24) is 0 Å². The van der Waals surface area contributed by atoms with E-state index >= 15 is 0 Å². The highest BCUT2D eigenvalue weighted by molar-refractivity contribution is 8.02. The number of benzene rings is 1. The fourth-order valence-electron chi connectivity index (χ4n) is 3.57. The van der Waals surface area contributed by atoms with Crippen LogP contribution in [-0.2, 0) is 4.79 Å². The van der Waals surface area contributed by atoms with Crippen molar-refractivity contribution in [2.45, 2.75) is 25.4 Å². The molecule has 134 valence electrons. The summed E-state index contributed by atoms with van der Waals surface area (Å²) in [5.74, 6) is 0.505. The minimum atomic E-state index is -1.23. The first-order valence-corrected chi connectivity index (χ1v) is 9.52. The van der Waals surface area contributed by atoms with Gasteiger partial charge in [0.05, 0.1) is 14.2 Å². The van der Waals surface area contributed by atoms with Crippen molar-refractivity contribution in [3.63, 3.8) is 0 Å². The number of Topliss-reactive ketones (excluding diaryl/α,β-unsaturated/α-hetero) is 1. The quantitative estimate of drug-likeness (QED) is 0.786. The van der Waals surface area contributed by atoms with Crippen LogP contribution in [0.2, 0.25) is 5.02 Å². The topological polar surface area (TPSA) is 61.8 Å². The number of allylic oxidation sites excluding steroid dienone is 1. The maximum atomic E-state index is 13.5. The third-order valence-corrected chi connectivity index (χ3v) is 6.03. The van der Waals surface area contributed by atoms with Crippen molar-refractivity contribution in [2.24, 2.45) is 5.92 Å². The number of carbonyl (C=O) groups excluding carboxylic acids is 2. The lowest BCUT2D eigenvalue weighted by molar-refractivity contribution is -0.117. The molecule has 5 nitrogen and oxygen atoms in total. The van der Waals surface area contributed by atoms with Gasteiger partial charge in [-0.1, -0.05) is 18.5 Å². The highest BCUT2D eigenvalue weighted by Gasteiger charge is 2.59. The molecule has 3 rings (SSSR count). The summed E-state index contributed by atoms with van der Waals surface area (Å²) in [4.78, 5) is 26.2. The molecule has 0 fully saturated rings. The molecular weight excluding hydrogens is 364 g/mol. The van der Waals surface area contributed by atoms with Gasteiger partial charge in [0.15, 0.2) is 11.5 Å². The first-order chi connectivity index (χ1) is 11.9. The zero-order valence-corrected chi connectivity index (χ0v) is 16.0. The van der Waals surface area contributed by atoms with Crippen LogP contribution in [0.25, 0.3) is 0 Å². The molecule has 1 aromatic carbocycles. The lowest BCUT2D eigenvalue weighted by atomic mass is 9.74. The first-order valence-electron chi connectivity index (χ1n) is 7.91. The van der Waals surface area contributed by atoms with Crippen LogP contribution in [0.4, 0.5) is 0 Å². The van der Waals surface area contributed by atoms with Crippen LogP contribution in [0.3, 0.4) is 0 Å². The lowest BCUT2D eigenvalue weighted by Gasteiger charge is -2.38. The smallest absolute Gasteiger partial charge is 0.219 e. The average Bonchev–Trinajstić information content (AvgIpc) is 2.92. The summed E-state index contributed by atoms with van der Waals surface area (Å²) in [6.45, 7) is 1.95. The molecule has 1 aliphatic carbocycles. The Balaban J connectivity index is 2.27. The Morgan fingerprint density at radius 3 is 2.56 bits per heavy atom. The van der Waals surface area contributed by atoms with Crippen LogP contribution < -0.4 is 14.2 Å². The summed E-state index contributed by atoms with van der Waals surface area (Å²) >= 11 is 7.76. The molecular formula is C18H19ClO5S. The van der Waals surface area contributed by atoms with Crippen molar-refractivity contribution in [3.05, 3.63) is 27.6 Å². The van der Waals surface area contributed by atoms with E-state index < -0.39 is 5.60 Å². The van der Waals surface area contributed by atoms with Gasteiger partial charge in [-0.2, -0.15) is 0 Å². The van der Waals surface area contributed by atoms with E-state index in [0.29, 0.717) is 28.4 Å². The van der Waals surface area contributed by atoms with Crippen molar-refractivity contribution in [2.75, 3.05) is 20.5 Å². The predicted octanol–water partition coefficient (Wildman–Crippen LogP) is 3.92. The molecule has 0 saturated heterocycles. The van der Waals surface area contributed by atoms with Gasteiger partial charge in [-0.3, -0.25) is 9.59 Å². The van der Waals surface area contributed by atoms with Gasteiger partial charge in [0, 0.05) is 23.3 Å². The molecule has 0 bridgehead atoms. The van der Waals surface area contributed by atoms with Gasteiger partial charge in [-0.25, -0.2) is 0 Å². The zero-order chi connectivity index (χ0) is 18.4. The van der Waals surface area contributed by atoms with Crippen LogP contribution in [0.5, 0.6) is 17.2 Å². The van der Waals surface area contributed by atoms with Gasteiger partial charge >= 0.3 is 0 Å². The summed E-state index contributed by atoms with van der Waals surface area (Å²) in [6, 6.07) is 1.58. The molecule has 2 atom stereocenters. The molecule has 0 saturated carbocycles. The second-order valence-corrected chi connectivity index (χ2v) is 7.18. The molecule has 1 aromatic rings. The molecule has 0 amide bonds. The van der Waals surface area contributed by atoms with E-state index in [1.54, 1.807) is 6.07 Å². The number of rotatable bonds is 4. The van der Waals surface area contributed by atoms with Crippen LogP contribution in [0.15, 0.2) is 17.0 Å². The van der Waals surface area contributed by atoms with Crippen LogP contribution >= 0.6 is 23.4 Å². The number of methoxy groups -OCH3 is 2. The summed E-state index contributed by atoms with van der Waals surface area (Å²) in [7, 11) is 2.97. The Morgan fingerprint density at radius 1 is 1.32 bits per heavy atom. The second-order valence-electron chi connectivity index (χ2n) is 5.95. The highest BCUT2D eigenvalue weighted by Crippen LogP contribution is 2.56. The van der Waals surface area contributed by atoms with E-state index in [2.05, 4.69) is 0 Å². The molecule has 1 aliphatic heterocycles. The molecule has 0 N–H and O–H groups in total. The van der Waals surface area contributed by atoms with Crippen LogP contribution in [-0.4, -0.2) is 37.6 Å². The Bertz CT molecular complexity index is 788. The average molecular weight is 383 g/mol. The fraction of sp³-hybridized carbons (Fsp3) is 0.444. The molecule has 2 aliphatic rings. The molecule has 25 heavy (non-hydrogen) atoms. The standard InChI is InChI=1S/C18H19ClO5S/c1-5-9-6-10(20)7-13(25-4)18(9)17(21)14-11(22-2)8-12(23-3)15(19)16(14)24-18/h7-9H,5-6H2,1-4H3/t9-,18-/m1/s1. The summed E-state index contributed by atoms with van der Waals surface area (Å²) in [5, 5.41) is 0.232. The predicted molar refractivity (Wildman–Crippen MR) is 97.2 cm³/mol. The Morgan fingerprint density at radius 2 is 2.00 bits per heavy atom. The minimum absolute atomic E-state index is 0.00447. The van der Waals surface area contributed by atoms with Crippen molar-refractivity contribution in [1.29, 1.82) is 0 Å². The lowest BCUT2D eigenvalue weighted by Crippen LogP contribution is -2.51. The van der Waals surface area contributed by atoms with Crippen molar-refractivity contribution >= 4 is 34.9 Å². The van der Waals surface area contributed by atoms with E-state index in [-0.39, 0.29) is 34.7 Å². The molecule has 0 unspecified atom stereocenters. The number of thioether (sulfide) groups is 1. The Kier molecular flexibility index (Phi) is 4.77. The van der Waals surface area contributed by atoms with Crippen molar-refractivity contribution in [3.8, 4) is 17.2 Å². The molecule has 1 spiro atoms. The zero-order valence-electron chi connectivity index (χ0n) is 14.5. The number of hydrogen-bond donors (Lipinski definition) is 0. The maximum Gasteiger partial charge on any atom is 0.219 e. The normalized spacial score (nSPS) is 24.8. The number of carbonyl (C=O) groups is 2. The SMILES string of the molecule is CC[C@@H]1CC(=O)C=C(SC)[C@]12Oc1c(Cl)c(OC)cc(OC)c1C2=O. The van der Waals surface area contributed by atoms with Gasteiger partial charge in [0.25, 0.3) is 0 Å². The summed E-state index contributed by atoms with van der Waals surface area (Å²) in [5.41, 5.74) is -0.922. The highest BCUT2D eigenvalue weighted by atomic mass is 35.5. The van der Waals surface area contributed by atoms with Crippen molar-refractivity contribution < 1.29 is 23.8 Å². The van der Waals surface area contributed by atoms with E-state index in [9.17, 15) is 9.59 Å². The number of hydrogen-bond acceptors (Lipinski definition) is 6.